The Morgan fingerprint density at radius 2 is 1.76 bits per heavy atom. The lowest BCUT2D eigenvalue weighted by Gasteiger charge is -2.08. The van der Waals surface area contributed by atoms with Crippen molar-refractivity contribution >= 4 is 50.8 Å². The summed E-state index contributed by atoms with van der Waals surface area (Å²) in [5.41, 5.74) is 4.66. The molecule has 0 radical (unpaired) electrons. The molecule has 38 heavy (non-hydrogen) atoms. The second kappa shape index (κ2) is 10.5. The fraction of sp³-hybridized carbons (Fsp3) is 0.172. The molecule has 0 aliphatic heterocycles. The van der Waals surface area contributed by atoms with Crippen molar-refractivity contribution in [1.29, 1.82) is 0 Å². The van der Waals surface area contributed by atoms with Gasteiger partial charge in [-0.2, -0.15) is 4.52 Å². The van der Waals surface area contributed by atoms with Gasteiger partial charge in [0.15, 0.2) is 16.6 Å². The van der Waals surface area contributed by atoms with Crippen LogP contribution in [0.1, 0.15) is 18.3 Å². The first-order valence-electron chi connectivity index (χ1n) is 12.5. The van der Waals surface area contributed by atoms with Crippen molar-refractivity contribution in [3.05, 3.63) is 90.4 Å². The second-order valence-electron chi connectivity index (χ2n) is 8.83. The zero-order valence-electron chi connectivity index (χ0n) is 20.8. The number of H-pyrrole nitrogens is 1. The number of aromatic amines is 1. The first kappa shape index (κ1) is 24.0. The number of nitrogens with zero attached hydrogens (tertiary/aromatic N) is 4. The van der Waals surface area contributed by atoms with E-state index >= 15 is 0 Å². The summed E-state index contributed by atoms with van der Waals surface area (Å²) in [6.45, 7) is 2.54. The first-order valence-corrected chi connectivity index (χ1v) is 13.5. The third-order valence-corrected chi connectivity index (χ3v) is 7.20. The van der Waals surface area contributed by atoms with Gasteiger partial charge >= 0.3 is 0 Å². The van der Waals surface area contributed by atoms with E-state index in [1.165, 1.54) is 22.7 Å². The molecule has 3 heterocycles. The molecule has 190 valence electrons. The Kier molecular flexibility index (Phi) is 6.66. The average molecular weight is 523 g/mol. The number of hydrogen-bond donors (Lipinski definition) is 2. The number of thioether (sulfide) groups is 1. The Morgan fingerprint density at radius 3 is 2.61 bits per heavy atom. The third kappa shape index (κ3) is 4.92. The summed E-state index contributed by atoms with van der Waals surface area (Å²) in [5.74, 6) is 1.59. The van der Waals surface area contributed by atoms with E-state index in [9.17, 15) is 4.79 Å². The van der Waals surface area contributed by atoms with Crippen LogP contribution in [-0.4, -0.2) is 42.8 Å². The van der Waals surface area contributed by atoms with Crippen molar-refractivity contribution in [2.45, 2.75) is 24.9 Å². The topological polar surface area (TPSA) is 97.2 Å². The lowest BCUT2D eigenvalue weighted by Crippen LogP contribution is -2.14. The number of para-hydroxylation sites is 2. The molecular formula is C29H26N6O2S. The molecule has 0 atom stereocenters. The Hall–Kier alpha value is -4.37. The van der Waals surface area contributed by atoms with Crippen LogP contribution in [-0.2, 0) is 17.6 Å². The average Bonchev–Trinajstić information content (AvgIpc) is 3.56. The number of aromatic nitrogens is 5. The van der Waals surface area contributed by atoms with Gasteiger partial charge in [0.05, 0.1) is 17.9 Å². The summed E-state index contributed by atoms with van der Waals surface area (Å²) in [6.07, 6.45) is 3.57. The molecular weight excluding hydrogens is 496 g/mol. The SMILES string of the molecule is CCOc1ccc(NC(=O)CSc2nc3ccccc3c3nc(CCc4c[nH]c5ccccc45)nn23)cc1. The number of hydrogen-bond acceptors (Lipinski definition) is 6. The van der Waals surface area contributed by atoms with Crippen molar-refractivity contribution in [3.63, 3.8) is 0 Å². The number of anilines is 1. The van der Waals surface area contributed by atoms with E-state index in [2.05, 4.69) is 34.7 Å². The molecule has 0 aliphatic rings. The highest BCUT2D eigenvalue weighted by atomic mass is 32.2. The maximum absolute atomic E-state index is 12.7. The van der Waals surface area contributed by atoms with Crippen molar-refractivity contribution in [2.24, 2.45) is 0 Å². The van der Waals surface area contributed by atoms with Crippen molar-refractivity contribution < 1.29 is 9.53 Å². The molecule has 2 N–H and O–H groups in total. The first-order chi connectivity index (χ1) is 18.7. The molecule has 1 amide bonds. The van der Waals surface area contributed by atoms with Crippen LogP contribution in [0.5, 0.6) is 5.75 Å². The number of benzene rings is 3. The summed E-state index contributed by atoms with van der Waals surface area (Å²) >= 11 is 1.34. The molecule has 6 rings (SSSR count). The summed E-state index contributed by atoms with van der Waals surface area (Å²) in [6, 6.07) is 23.5. The van der Waals surface area contributed by atoms with E-state index in [0.29, 0.717) is 18.2 Å². The molecule has 0 saturated heterocycles. The fourth-order valence-corrected chi connectivity index (χ4v) is 5.23. The van der Waals surface area contributed by atoms with Crippen LogP contribution in [0, 0.1) is 0 Å². The molecule has 0 unspecified atom stereocenters. The predicted octanol–water partition coefficient (Wildman–Crippen LogP) is 5.67. The van der Waals surface area contributed by atoms with Gasteiger partial charge in [-0.05, 0) is 61.4 Å². The number of nitrogens with one attached hydrogen (secondary N) is 2. The smallest absolute Gasteiger partial charge is 0.234 e. The standard InChI is InChI=1S/C29H26N6O2S/c1-2-37-21-14-12-20(13-15-21)31-27(36)18-38-29-32-25-10-6-4-8-23(25)28-33-26(34-35(28)29)16-11-19-17-30-24-9-5-3-7-22(19)24/h3-10,12-15,17,30H,2,11,16,18H2,1H3,(H,31,36). The van der Waals surface area contributed by atoms with Crippen molar-refractivity contribution in [1.82, 2.24) is 24.6 Å². The molecule has 6 aromatic rings. The Labute approximate surface area is 223 Å². The number of rotatable bonds is 9. The van der Waals surface area contributed by atoms with Gasteiger partial charge < -0.3 is 15.0 Å². The number of carbonyl (C=O) groups excluding carboxylic acids is 1. The molecule has 0 bridgehead atoms. The Balaban J connectivity index is 1.22. The Morgan fingerprint density at radius 1 is 0.974 bits per heavy atom. The quantitative estimate of drug-likeness (QED) is 0.187. The molecule has 3 aromatic heterocycles. The molecule has 8 nitrogen and oxygen atoms in total. The van der Waals surface area contributed by atoms with Crippen LogP contribution in [0.25, 0.3) is 27.5 Å². The summed E-state index contributed by atoms with van der Waals surface area (Å²) in [5, 5.41) is 10.5. The van der Waals surface area contributed by atoms with Gasteiger partial charge in [-0.15, -0.1) is 5.10 Å². The van der Waals surface area contributed by atoms with Gasteiger partial charge in [0.1, 0.15) is 5.75 Å². The minimum Gasteiger partial charge on any atom is -0.494 e. The van der Waals surface area contributed by atoms with E-state index in [1.54, 1.807) is 4.52 Å². The largest absolute Gasteiger partial charge is 0.494 e. The van der Waals surface area contributed by atoms with Gasteiger partial charge in [-0.25, -0.2) is 9.97 Å². The second-order valence-corrected chi connectivity index (χ2v) is 9.77. The van der Waals surface area contributed by atoms with Crippen LogP contribution in [0.3, 0.4) is 0 Å². The summed E-state index contributed by atoms with van der Waals surface area (Å²) in [7, 11) is 0. The highest BCUT2D eigenvalue weighted by Gasteiger charge is 2.16. The van der Waals surface area contributed by atoms with Crippen LogP contribution in [0.15, 0.2) is 84.1 Å². The van der Waals surface area contributed by atoms with Gasteiger partial charge in [-0.3, -0.25) is 4.79 Å². The Bertz CT molecular complexity index is 1740. The highest BCUT2D eigenvalue weighted by molar-refractivity contribution is 7.99. The minimum atomic E-state index is -0.123. The number of amides is 1. The van der Waals surface area contributed by atoms with E-state index in [4.69, 9.17) is 19.8 Å². The van der Waals surface area contributed by atoms with Gasteiger partial charge in [0.25, 0.3) is 0 Å². The zero-order chi connectivity index (χ0) is 25.9. The van der Waals surface area contributed by atoms with E-state index < -0.39 is 0 Å². The highest BCUT2D eigenvalue weighted by Crippen LogP contribution is 2.25. The monoisotopic (exact) mass is 522 g/mol. The van der Waals surface area contributed by atoms with Crippen LogP contribution >= 0.6 is 11.8 Å². The van der Waals surface area contributed by atoms with Crippen LogP contribution < -0.4 is 10.1 Å². The number of aryl methyl sites for hydroxylation is 2. The van der Waals surface area contributed by atoms with Gasteiger partial charge in [0.2, 0.25) is 5.91 Å². The van der Waals surface area contributed by atoms with E-state index in [0.717, 1.165) is 45.7 Å². The molecule has 0 spiro atoms. The number of carbonyl (C=O) groups is 1. The zero-order valence-corrected chi connectivity index (χ0v) is 21.7. The molecule has 0 fully saturated rings. The third-order valence-electron chi connectivity index (χ3n) is 6.27. The summed E-state index contributed by atoms with van der Waals surface area (Å²) < 4.78 is 7.23. The molecule has 0 aliphatic carbocycles. The van der Waals surface area contributed by atoms with Crippen LogP contribution in [0.2, 0.25) is 0 Å². The molecule has 3 aromatic carbocycles. The number of ether oxygens (including phenoxy) is 1. The summed E-state index contributed by atoms with van der Waals surface area (Å²) in [4.78, 5) is 25.7. The normalized spacial score (nSPS) is 11.4. The maximum Gasteiger partial charge on any atom is 0.234 e. The fourth-order valence-electron chi connectivity index (χ4n) is 4.49. The van der Waals surface area contributed by atoms with Gasteiger partial charge in [0, 0.05) is 34.6 Å². The minimum absolute atomic E-state index is 0.123. The lowest BCUT2D eigenvalue weighted by molar-refractivity contribution is -0.113. The van der Waals surface area contributed by atoms with Gasteiger partial charge in [-0.1, -0.05) is 42.1 Å². The maximum atomic E-state index is 12.7. The van der Waals surface area contributed by atoms with Crippen LogP contribution in [0.4, 0.5) is 5.69 Å². The van der Waals surface area contributed by atoms with Crippen molar-refractivity contribution in [2.75, 3.05) is 17.7 Å². The lowest BCUT2D eigenvalue weighted by atomic mass is 10.1. The van der Waals surface area contributed by atoms with E-state index in [-0.39, 0.29) is 11.7 Å². The predicted molar refractivity (Wildman–Crippen MR) is 151 cm³/mol. The molecule has 9 heteroatoms. The number of fused-ring (bicyclic) bond motifs is 4. The van der Waals surface area contributed by atoms with Crippen molar-refractivity contribution in [3.8, 4) is 5.75 Å². The van der Waals surface area contributed by atoms with E-state index in [1.807, 2.05) is 61.5 Å². The molecule has 0 saturated carbocycles.